The molecule has 0 radical (unpaired) electrons. The molecule has 0 unspecified atom stereocenters. The number of hydrogen-bond acceptors (Lipinski definition) is 7. The van der Waals surface area contributed by atoms with Crippen LogP contribution in [0.1, 0.15) is 27.7 Å². The monoisotopic (exact) mass is 400 g/mol. The maximum absolute atomic E-state index is 5.93. The summed E-state index contributed by atoms with van der Waals surface area (Å²) in [4.78, 5) is 0. The van der Waals surface area contributed by atoms with E-state index in [1.165, 1.54) is 0 Å². The molecule has 0 aromatic rings. The van der Waals surface area contributed by atoms with Crippen LogP contribution in [0, 0.1) is 5.92 Å². The second-order valence-corrected chi connectivity index (χ2v) is 7.46. The molecule has 3 aliphatic rings. The molecule has 0 saturated heterocycles. The van der Waals surface area contributed by atoms with Crippen molar-refractivity contribution < 1.29 is 4.74 Å². The van der Waals surface area contributed by atoms with E-state index in [1.807, 2.05) is 5.01 Å². The van der Waals surface area contributed by atoms with Crippen LogP contribution in [0.25, 0.3) is 0 Å². The van der Waals surface area contributed by atoms with Crippen LogP contribution in [0.4, 0.5) is 0 Å². The van der Waals surface area contributed by atoms with Crippen molar-refractivity contribution in [3.63, 3.8) is 0 Å². The summed E-state index contributed by atoms with van der Waals surface area (Å²) in [6.45, 7) is 12.5. The van der Waals surface area contributed by atoms with Crippen LogP contribution in [0.2, 0.25) is 0 Å². The Morgan fingerprint density at radius 1 is 0.828 bits per heavy atom. The topological polar surface area (TPSA) is 73.0 Å². The summed E-state index contributed by atoms with van der Waals surface area (Å²) in [6.07, 6.45) is 17.4. The molecule has 7 heteroatoms. The van der Waals surface area contributed by atoms with E-state index in [4.69, 9.17) is 9.84 Å². The lowest BCUT2D eigenvalue weighted by molar-refractivity contribution is 0.155. The summed E-state index contributed by atoms with van der Waals surface area (Å²) in [7, 11) is 0. The third-order valence-electron chi connectivity index (χ3n) is 5.32. The van der Waals surface area contributed by atoms with Gasteiger partial charge in [0, 0.05) is 0 Å². The van der Waals surface area contributed by atoms with Gasteiger partial charge in [-0.05, 0) is 50.5 Å². The highest BCUT2D eigenvalue weighted by atomic mass is 16.5. The third-order valence-corrected chi connectivity index (χ3v) is 5.32. The van der Waals surface area contributed by atoms with Crippen LogP contribution in [-0.2, 0) is 4.74 Å². The van der Waals surface area contributed by atoms with Gasteiger partial charge in [-0.3, -0.25) is 21.3 Å². The Labute approximate surface area is 175 Å². The Kier molecular flexibility index (Phi) is 7.29. The maximum atomic E-state index is 5.93. The van der Waals surface area contributed by atoms with E-state index < -0.39 is 0 Å². The first kappa shape index (κ1) is 21.8. The standard InChI is InChI=1S/C22H36N6O/c1-5-23-21(24-6-2)13-9-18(10-14-21)20-27-28(17-29-20)19-11-15-22(16-12-19,25-7-3)26-8-4/h9-16,18-19,23-26H,5-8,17H2,1-4H3. The van der Waals surface area contributed by atoms with Crippen molar-refractivity contribution in [1.29, 1.82) is 0 Å². The zero-order valence-corrected chi connectivity index (χ0v) is 18.1. The molecule has 29 heavy (non-hydrogen) atoms. The Morgan fingerprint density at radius 3 is 1.72 bits per heavy atom. The van der Waals surface area contributed by atoms with E-state index >= 15 is 0 Å². The normalized spacial score (nSPS) is 22.9. The Balaban J connectivity index is 1.65. The fraction of sp³-hybridized carbons (Fsp3) is 0.591. The number of nitrogens with one attached hydrogen (secondary N) is 4. The molecular weight excluding hydrogens is 364 g/mol. The van der Waals surface area contributed by atoms with E-state index in [2.05, 4.69) is 97.6 Å². The molecule has 4 N–H and O–H groups in total. The molecule has 0 aromatic heterocycles. The second-order valence-electron chi connectivity index (χ2n) is 7.46. The number of hydrogen-bond donors (Lipinski definition) is 4. The third kappa shape index (κ3) is 4.98. The summed E-state index contributed by atoms with van der Waals surface area (Å²) >= 11 is 0. The minimum atomic E-state index is -0.282. The molecule has 2 aliphatic carbocycles. The van der Waals surface area contributed by atoms with E-state index in [1.54, 1.807) is 0 Å². The largest absolute Gasteiger partial charge is 0.456 e. The molecule has 1 heterocycles. The Bertz CT molecular complexity index is 651. The van der Waals surface area contributed by atoms with Gasteiger partial charge in [-0.25, -0.2) is 5.01 Å². The molecule has 7 nitrogen and oxygen atoms in total. The Morgan fingerprint density at radius 2 is 1.28 bits per heavy atom. The fourth-order valence-electron chi connectivity index (χ4n) is 4.01. The fourth-order valence-corrected chi connectivity index (χ4v) is 4.01. The molecule has 0 aromatic carbocycles. The van der Waals surface area contributed by atoms with Crippen molar-refractivity contribution in [2.24, 2.45) is 11.0 Å². The Hall–Kier alpha value is -1.93. The first-order valence-corrected chi connectivity index (χ1v) is 10.8. The number of rotatable bonds is 10. The molecule has 0 atom stereocenters. The zero-order chi connectivity index (χ0) is 20.7. The highest BCUT2D eigenvalue weighted by Gasteiger charge is 2.32. The van der Waals surface area contributed by atoms with E-state index in [9.17, 15) is 0 Å². The van der Waals surface area contributed by atoms with E-state index in [-0.39, 0.29) is 23.3 Å². The van der Waals surface area contributed by atoms with Gasteiger partial charge in [0.25, 0.3) is 0 Å². The van der Waals surface area contributed by atoms with Gasteiger partial charge in [-0.15, -0.1) is 5.10 Å². The molecule has 1 aliphatic heterocycles. The van der Waals surface area contributed by atoms with Gasteiger partial charge in [-0.1, -0.05) is 52.0 Å². The van der Waals surface area contributed by atoms with E-state index in [0.29, 0.717) is 6.73 Å². The number of likely N-dealkylation sites (N-methyl/N-ethyl adjacent to an activating group) is 4. The van der Waals surface area contributed by atoms with Crippen LogP contribution >= 0.6 is 0 Å². The van der Waals surface area contributed by atoms with Gasteiger partial charge in [0.1, 0.15) is 11.3 Å². The highest BCUT2D eigenvalue weighted by Crippen LogP contribution is 2.24. The first-order chi connectivity index (χ1) is 14.1. The molecule has 0 fully saturated rings. The smallest absolute Gasteiger partial charge is 0.218 e. The molecule has 160 valence electrons. The quantitative estimate of drug-likeness (QED) is 0.330. The number of ether oxygens (including phenoxy) is 1. The van der Waals surface area contributed by atoms with Crippen LogP contribution in [0.5, 0.6) is 0 Å². The first-order valence-electron chi connectivity index (χ1n) is 10.8. The highest BCUT2D eigenvalue weighted by molar-refractivity contribution is 5.83. The van der Waals surface area contributed by atoms with Gasteiger partial charge < -0.3 is 4.74 Å². The van der Waals surface area contributed by atoms with Crippen molar-refractivity contribution in [2.45, 2.75) is 45.1 Å². The minimum Gasteiger partial charge on any atom is -0.456 e. The summed E-state index contributed by atoms with van der Waals surface area (Å²) in [5.41, 5.74) is -0.556. The zero-order valence-electron chi connectivity index (χ0n) is 18.1. The number of hydrazone groups is 1. The van der Waals surface area contributed by atoms with Crippen LogP contribution in [0.15, 0.2) is 53.7 Å². The van der Waals surface area contributed by atoms with Crippen molar-refractivity contribution >= 4 is 5.90 Å². The predicted molar refractivity (Wildman–Crippen MR) is 119 cm³/mol. The predicted octanol–water partition coefficient (Wildman–Crippen LogP) is 1.66. The van der Waals surface area contributed by atoms with Gasteiger partial charge in [0.05, 0.1) is 12.0 Å². The lowest BCUT2D eigenvalue weighted by atomic mass is 9.95. The van der Waals surface area contributed by atoms with Gasteiger partial charge in [-0.2, -0.15) is 0 Å². The molecule has 0 amide bonds. The summed E-state index contributed by atoms with van der Waals surface area (Å²) in [5, 5.41) is 20.7. The van der Waals surface area contributed by atoms with Crippen molar-refractivity contribution in [3.05, 3.63) is 48.6 Å². The van der Waals surface area contributed by atoms with Crippen molar-refractivity contribution in [2.75, 3.05) is 32.9 Å². The molecule has 3 rings (SSSR count). The number of nitrogens with zero attached hydrogens (tertiary/aromatic N) is 2. The molecule has 0 spiro atoms. The van der Waals surface area contributed by atoms with Crippen LogP contribution in [0.3, 0.4) is 0 Å². The minimum absolute atomic E-state index is 0.0598. The van der Waals surface area contributed by atoms with Gasteiger partial charge >= 0.3 is 0 Å². The summed E-state index contributed by atoms with van der Waals surface area (Å²) in [5.74, 6) is 0.806. The van der Waals surface area contributed by atoms with Gasteiger partial charge in [0.15, 0.2) is 6.73 Å². The summed E-state index contributed by atoms with van der Waals surface area (Å²) in [6, 6.07) is 0.0945. The van der Waals surface area contributed by atoms with Crippen LogP contribution < -0.4 is 21.3 Å². The van der Waals surface area contributed by atoms with Crippen molar-refractivity contribution in [1.82, 2.24) is 26.3 Å². The second kappa shape index (κ2) is 9.71. The summed E-state index contributed by atoms with van der Waals surface area (Å²) < 4.78 is 5.93. The SMILES string of the molecule is CCNC1(NCC)C=CC(C2=NN(C3C=CC(NCC)(NCC)C=C3)CO2)C=C1. The molecular formula is C22H36N6O. The lowest BCUT2D eigenvalue weighted by Gasteiger charge is -2.34. The lowest BCUT2D eigenvalue weighted by Crippen LogP contribution is -2.55. The average molecular weight is 401 g/mol. The average Bonchev–Trinajstić information content (AvgIpc) is 3.20. The maximum Gasteiger partial charge on any atom is 0.218 e. The van der Waals surface area contributed by atoms with Gasteiger partial charge in [0.2, 0.25) is 5.90 Å². The molecule has 0 bridgehead atoms. The molecule has 0 saturated carbocycles. The van der Waals surface area contributed by atoms with Crippen molar-refractivity contribution in [3.8, 4) is 0 Å². The van der Waals surface area contributed by atoms with Crippen LogP contribution in [-0.4, -0.2) is 61.2 Å². The van der Waals surface area contributed by atoms with E-state index in [0.717, 1.165) is 32.1 Å².